The molecule has 0 radical (unpaired) electrons. The second-order valence-electron chi connectivity index (χ2n) is 9.05. The second-order valence-corrected chi connectivity index (χ2v) is 9.05. The van der Waals surface area contributed by atoms with Crippen molar-refractivity contribution in [1.29, 1.82) is 0 Å². The number of piperidine rings is 1. The van der Waals surface area contributed by atoms with Gasteiger partial charge >= 0.3 is 6.18 Å². The topological polar surface area (TPSA) is 123 Å². The van der Waals surface area contributed by atoms with Crippen LogP contribution in [-0.4, -0.2) is 89.2 Å². The largest absolute Gasteiger partial charge is 0.483 e. The van der Waals surface area contributed by atoms with Crippen LogP contribution in [-0.2, 0) is 20.4 Å². The molecular formula is C23H29F3N6O5. The van der Waals surface area contributed by atoms with E-state index in [0.29, 0.717) is 18.9 Å². The number of hydrogen-bond acceptors (Lipinski definition) is 9. The van der Waals surface area contributed by atoms with Crippen molar-refractivity contribution in [2.24, 2.45) is 0 Å². The third kappa shape index (κ3) is 6.36. The Morgan fingerprint density at radius 3 is 2.43 bits per heavy atom. The van der Waals surface area contributed by atoms with Gasteiger partial charge in [-0.05, 0) is 25.3 Å². The zero-order valence-corrected chi connectivity index (χ0v) is 20.5. The van der Waals surface area contributed by atoms with Gasteiger partial charge in [0.05, 0.1) is 19.4 Å². The van der Waals surface area contributed by atoms with Gasteiger partial charge in [-0.25, -0.2) is 15.1 Å². The average Bonchev–Trinajstić information content (AvgIpc) is 3.22. The number of nitrogens with zero attached hydrogens (tertiary/aromatic N) is 5. The van der Waals surface area contributed by atoms with E-state index in [-0.39, 0.29) is 25.2 Å². The summed E-state index contributed by atoms with van der Waals surface area (Å²) >= 11 is 0. The SMILES string of the molecule is COC[C@@H](CO[C@@H]1CCN(C2CCN(c3ncc(C)cn3)CC2)C1=O)Oc1cn[nH]c(=O)c1C(F)(F)F. The van der Waals surface area contributed by atoms with E-state index in [2.05, 4.69) is 20.0 Å². The lowest BCUT2D eigenvalue weighted by Gasteiger charge is -2.36. The van der Waals surface area contributed by atoms with Gasteiger partial charge in [0, 0.05) is 51.6 Å². The molecule has 2 aromatic rings. The van der Waals surface area contributed by atoms with E-state index in [1.54, 1.807) is 17.5 Å². The molecule has 4 heterocycles. The van der Waals surface area contributed by atoms with Gasteiger partial charge in [-0.15, -0.1) is 0 Å². The molecule has 0 aromatic carbocycles. The Morgan fingerprint density at radius 2 is 1.78 bits per heavy atom. The number of anilines is 1. The lowest BCUT2D eigenvalue weighted by Crippen LogP contribution is -2.47. The van der Waals surface area contributed by atoms with Crippen LogP contribution in [0.4, 0.5) is 19.1 Å². The minimum atomic E-state index is -4.94. The standard InChI is InChI=1S/C23H29F3N6O5/c1-14-9-27-22(28-10-14)31-6-3-15(4-7-31)32-8-5-17(21(32)34)36-13-16(12-35-2)37-18-11-29-30-20(33)19(18)23(24,25)26/h9-11,15-17H,3-8,12-13H2,1-2H3,(H,30,33)/t16-,17+/m0/s1. The van der Waals surface area contributed by atoms with E-state index in [4.69, 9.17) is 14.2 Å². The molecule has 1 N–H and O–H groups in total. The number of alkyl halides is 3. The molecule has 2 saturated heterocycles. The Balaban J connectivity index is 1.32. The summed E-state index contributed by atoms with van der Waals surface area (Å²) in [5, 5.41) is 5.15. The maximum atomic E-state index is 13.3. The Morgan fingerprint density at radius 1 is 1.08 bits per heavy atom. The fraction of sp³-hybridized carbons (Fsp3) is 0.609. The molecule has 0 bridgehead atoms. The van der Waals surface area contributed by atoms with Crippen molar-refractivity contribution in [2.45, 2.75) is 50.6 Å². The molecule has 2 atom stereocenters. The first-order valence-corrected chi connectivity index (χ1v) is 11.9. The summed E-state index contributed by atoms with van der Waals surface area (Å²) in [5.74, 6) is -0.216. The fourth-order valence-corrected chi connectivity index (χ4v) is 4.56. The summed E-state index contributed by atoms with van der Waals surface area (Å²) in [6, 6.07) is 0.0604. The van der Waals surface area contributed by atoms with Gasteiger partial charge < -0.3 is 24.0 Å². The normalized spacial score (nSPS) is 19.9. The molecule has 0 unspecified atom stereocenters. The molecule has 1 amide bonds. The monoisotopic (exact) mass is 526 g/mol. The number of H-pyrrole nitrogens is 1. The number of aromatic nitrogens is 4. The predicted octanol–water partition coefficient (Wildman–Crippen LogP) is 1.57. The number of methoxy groups -OCH3 is 1. The van der Waals surface area contributed by atoms with Crippen LogP contribution in [0.25, 0.3) is 0 Å². The molecule has 14 heteroatoms. The highest BCUT2D eigenvalue weighted by Crippen LogP contribution is 2.33. The van der Waals surface area contributed by atoms with E-state index in [1.807, 2.05) is 11.8 Å². The summed E-state index contributed by atoms with van der Waals surface area (Å²) in [6.45, 7) is 3.58. The first-order chi connectivity index (χ1) is 17.7. The number of likely N-dealkylation sites (tertiary alicyclic amines) is 1. The van der Waals surface area contributed by atoms with Gasteiger partial charge in [0.1, 0.15) is 12.2 Å². The summed E-state index contributed by atoms with van der Waals surface area (Å²) in [7, 11) is 1.35. The molecule has 11 nitrogen and oxygen atoms in total. The maximum absolute atomic E-state index is 13.3. The first kappa shape index (κ1) is 26.8. The van der Waals surface area contributed by atoms with Crippen LogP contribution >= 0.6 is 0 Å². The van der Waals surface area contributed by atoms with Crippen LogP contribution < -0.4 is 15.2 Å². The van der Waals surface area contributed by atoms with Crippen LogP contribution in [0, 0.1) is 6.92 Å². The third-order valence-corrected chi connectivity index (χ3v) is 6.38. The smallest absolute Gasteiger partial charge is 0.425 e. The summed E-state index contributed by atoms with van der Waals surface area (Å²) in [6.07, 6.45) is -0.345. The van der Waals surface area contributed by atoms with Crippen molar-refractivity contribution in [1.82, 2.24) is 25.1 Å². The number of aromatic amines is 1. The van der Waals surface area contributed by atoms with Gasteiger partial charge in [0.25, 0.3) is 11.5 Å². The van der Waals surface area contributed by atoms with Crippen LogP contribution in [0.3, 0.4) is 0 Å². The van der Waals surface area contributed by atoms with E-state index >= 15 is 0 Å². The van der Waals surface area contributed by atoms with Gasteiger partial charge in [0.15, 0.2) is 11.3 Å². The Labute approximate surface area is 210 Å². The van der Waals surface area contributed by atoms with Crippen LogP contribution in [0.1, 0.15) is 30.4 Å². The Bertz CT molecular complexity index is 1120. The highest BCUT2D eigenvalue weighted by atomic mass is 19.4. The second kappa shape index (κ2) is 11.4. The number of hydrogen-bond donors (Lipinski definition) is 1. The third-order valence-electron chi connectivity index (χ3n) is 6.38. The fourth-order valence-electron chi connectivity index (χ4n) is 4.56. The average molecular weight is 527 g/mol. The van der Waals surface area contributed by atoms with Crippen molar-refractivity contribution in [3.05, 3.63) is 40.1 Å². The van der Waals surface area contributed by atoms with Crippen LogP contribution in [0.5, 0.6) is 5.75 Å². The zero-order chi connectivity index (χ0) is 26.6. The number of carbonyl (C=O) groups is 1. The lowest BCUT2D eigenvalue weighted by atomic mass is 10.0. The Kier molecular flexibility index (Phi) is 8.27. The van der Waals surface area contributed by atoms with E-state index in [0.717, 1.165) is 37.7 Å². The molecular weight excluding hydrogens is 497 g/mol. The molecule has 2 aliphatic heterocycles. The summed E-state index contributed by atoms with van der Waals surface area (Å²) in [5.41, 5.74) is -1.92. The zero-order valence-electron chi connectivity index (χ0n) is 20.5. The number of nitrogens with one attached hydrogen (secondary N) is 1. The van der Waals surface area contributed by atoms with Gasteiger partial charge in [-0.1, -0.05) is 0 Å². The van der Waals surface area contributed by atoms with E-state index in [9.17, 15) is 22.8 Å². The molecule has 0 aliphatic carbocycles. The minimum absolute atomic E-state index is 0.0604. The molecule has 0 spiro atoms. The Hall–Kier alpha value is -3.26. The molecule has 2 aliphatic rings. The van der Waals surface area contributed by atoms with Gasteiger partial charge in [-0.3, -0.25) is 9.59 Å². The van der Waals surface area contributed by atoms with Crippen LogP contribution in [0.15, 0.2) is 23.4 Å². The number of amides is 1. The minimum Gasteiger partial charge on any atom is -0.483 e. The van der Waals surface area contributed by atoms with Gasteiger partial charge in [0.2, 0.25) is 5.95 Å². The highest BCUT2D eigenvalue weighted by molar-refractivity contribution is 5.83. The van der Waals surface area contributed by atoms with Crippen molar-refractivity contribution in [3.63, 3.8) is 0 Å². The molecule has 2 fully saturated rings. The van der Waals surface area contributed by atoms with Crippen LogP contribution in [0.2, 0.25) is 0 Å². The van der Waals surface area contributed by atoms with E-state index < -0.39 is 35.3 Å². The number of halogens is 3. The molecule has 37 heavy (non-hydrogen) atoms. The predicted molar refractivity (Wildman–Crippen MR) is 124 cm³/mol. The van der Waals surface area contributed by atoms with Crippen molar-refractivity contribution in [2.75, 3.05) is 44.9 Å². The van der Waals surface area contributed by atoms with E-state index in [1.165, 1.54) is 7.11 Å². The van der Waals surface area contributed by atoms with Gasteiger partial charge in [-0.2, -0.15) is 18.3 Å². The quantitative estimate of drug-likeness (QED) is 0.519. The number of ether oxygens (including phenoxy) is 3. The molecule has 0 saturated carbocycles. The lowest BCUT2D eigenvalue weighted by molar-refractivity contribution is -0.142. The molecule has 2 aromatic heterocycles. The number of carbonyl (C=O) groups excluding carboxylic acids is 1. The van der Waals surface area contributed by atoms with Crippen molar-refractivity contribution < 1.29 is 32.2 Å². The number of rotatable bonds is 9. The van der Waals surface area contributed by atoms with Crippen molar-refractivity contribution in [3.8, 4) is 5.75 Å². The first-order valence-electron chi connectivity index (χ1n) is 11.9. The maximum Gasteiger partial charge on any atom is 0.425 e. The molecule has 4 rings (SSSR count). The number of aryl methyl sites for hydroxylation is 1. The highest BCUT2D eigenvalue weighted by Gasteiger charge is 2.40. The molecule has 202 valence electrons. The summed E-state index contributed by atoms with van der Waals surface area (Å²) in [4.78, 5) is 37.4. The summed E-state index contributed by atoms with van der Waals surface area (Å²) < 4.78 is 56.2. The van der Waals surface area contributed by atoms with Crippen molar-refractivity contribution >= 4 is 11.9 Å².